The number of hydrogen-bond acceptors (Lipinski definition) is 3. The summed E-state index contributed by atoms with van der Waals surface area (Å²) in [7, 11) is 0. The molecule has 94 valence electrons. The zero-order chi connectivity index (χ0) is 13.0. The van der Waals surface area contributed by atoms with Gasteiger partial charge in [-0.25, -0.2) is 0 Å². The molecule has 0 fully saturated rings. The molecule has 1 aliphatic heterocycles. The molecule has 1 atom stereocenters. The summed E-state index contributed by atoms with van der Waals surface area (Å²) >= 11 is 0. The number of carbonyl (C=O) groups excluding carboxylic acids is 1. The van der Waals surface area contributed by atoms with E-state index < -0.39 is 0 Å². The lowest BCUT2D eigenvalue weighted by molar-refractivity contribution is -0.132. The fourth-order valence-corrected chi connectivity index (χ4v) is 2.25. The molecule has 0 N–H and O–H groups in total. The first-order chi connectivity index (χ1) is 8.77. The van der Waals surface area contributed by atoms with Crippen LogP contribution in [-0.4, -0.2) is 30.5 Å². The van der Waals surface area contributed by atoms with Crippen molar-refractivity contribution in [2.75, 3.05) is 19.7 Å². The maximum atomic E-state index is 12.4. The Morgan fingerprint density at radius 1 is 1.56 bits per heavy atom. The van der Waals surface area contributed by atoms with E-state index >= 15 is 0 Å². The van der Waals surface area contributed by atoms with Crippen molar-refractivity contribution in [1.82, 2.24) is 4.90 Å². The molecule has 18 heavy (non-hydrogen) atoms. The minimum Gasteiger partial charge on any atom is -0.493 e. The summed E-state index contributed by atoms with van der Waals surface area (Å²) in [4.78, 5) is 14.0. The minimum absolute atomic E-state index is 0.0230. The average Bonchev–Trinajstić information content (AvgIpc) is 2.43. The van der Waals surface area contributed by atoms with Gasteiger partial charge in [0.2, 0.25) is 5.91 Å². The number of fused-ring (bicyclic) bond motifs is 1. The van der Waals surface area contributed by atoms with E-state index in [1.165, 1.54) is 0 Å². The van der Waals surface area contributed by atoms with Crippen molar-refractivity contribution >= 4 is 5.91 Å². The molecule has 4 nitrogen and oxygen atoms in total. The number of ether oxygens (including phenoxy) is 1. The number of likely N-dealkylation sites (N-methyl/N-ethyl adjacent to an activating group) is 1. The van der Waals surface area contributed by atoms with Gasteiger partial charge < -0.3 is 9.64 Å². The molecular formula is C14H16N2O2. The van der Waals surface area contributed by atoms with Crippen LogP contribution in [0.4, 0.5) is 0 Å². The molecule has 0 spiro atoms. The van der Waals surface area contributed by atoms with Gasteiger partial charge in [-0.1, -0.05) is 18.2 Å². The van der Waals surface area contributed by atoms with Crippen LogP contribution in [0.2, 0.25) is 0 Å². The van der Waals surface area contributed by atoms with Gasteiger partial charge in [0.05, 0.1) is 18.6 Å². The van der Waals surface area contributed by atoms with Crippen LogP contribution < -0.4 is 4.74 Å². The van der Waals surface area contributed by atoms with Crippen LogP contribution in [0.3, 0.4) is 0 Å². The van der Waals surface area contributed by atoms with E-state index in [4.69, 9.17) is 10.00 Å². The van der Waals surface area contributed by atoms with Crippen LogP contribution in [0.1, 0.15) is 24.8 Å². The zero-order valence-corrected chi connectivity index (χ0v) is 10.4. The summed E-state index contributed by atoms with van der Waals surface area (Å²) < 4.78 is 5.54. The van der Waals surface area contributed by atoms with Crippen molar-refractivity contribution in [1.29, 1.82) is 5.26 Å². The van der Waals surface area contributed by atoms with Gasteiger partial charge in [-0.15, -0.1) is 0 Å². The number of nitrogens with zero attached hydrogens (tertiary/aromatic N) is 2. The summed E-state index contributed by atoms with van der Waals surface area (Å²) in [6, 6.07) is 9.66. The Bertz CT molecular complexity index is 479. The number of para-hydroxylation sites is 1. The van der Waals surface area contributed by atoms with Crippen LogP contribution in [0.15, 0.2) is 24.3 Å². The Morgan fingerprint density at radius 2 is 2.33 bits per heavy atom. The SMILES string of the molecule is CCN(CC#N)C(=O)C1CCOc2ccccc21. The van der Waals surface area contributed by atoms with E-state index in [1.807, 2.05) is 37.3 Å². The molecule has 2 rings (SSSR count). The van der Waals surface area contributed by atoms with E-state index in [0.29, 0.717) is 19.6 Å². The first-order valence-electron chi connectivity index (χ1n) is 6.15. The van der Waals surface area contributed by atoms with Gasteiger partial charge in [0.25, 0.3) is 0 Å². The molecule has 1 aliphatic rings. The summed E-state index contributed by atoms with van der Waals surface area (Å²) in [5.74, 6) is 0.633. The van der Waals surface area contributed by atoms with Gasteiger partial charge in [-0.2, -0.15) is 5.26 Å². The predicted molar refractivity (Wildman–Crippen MR) is 67.2 cm³/mol. The van der Waals surface area contributed by atoms with Crippen molar-refractivity contribution in [2.45, 2.75) is 19.3 Å². The monoisotopic (exact) mass is 244 g/mol. The maximum absolute atomic E-state index is 12.4. The van der Waals surface area contributed by atoms with Crippen LogP contribution >= 0.6 is 0 Å². The van der Waals surface area contributed by atoms with Crippen LogP contribution in [0.25, 0.3) is 0 Å². The second-order valence-electron chi connectivity index (χ2n) is 4.24. The summed E-state index contributed by atoms with van der Waals surface area (Å²) in [6.45, 7) is 3.15. The highest BCUT2D eigenvalue weighted by Gasteiger charge is 2.30. The smallest absolute Gasteiger partial charge is 0.231 e. The highest BCUT2D eigenvalue weighted by Crippen LogP contribution is 2.34. The van der Waals surface area contributed by atoms with Gasteiger partial charge in [-0.3, -0.25) is 4.79 Å². The number of rotatable bonds is 3. The topological polar surface area (TPSA) is 53.3 Å². The normalized spacial score (nSPS) is 17.2. The quantitative estimate of drug-likeness (QED) is 0.763. The molecule has 1 unspecified atom stereocenters. The number of hydrogen-bond donors (Lipinski definition) is 0. The Morgan fingerprint density at radius 3 is 3.06 bits per heavy atom. The van der Waals surface area contributed by atoms with Crippen molar-refractivity contribution in [3.05, 3.63) is 29.8 Å². The van der Waals surface area contributed by atoms with Gasteiger partial charge in [0, 0.05) is 12.1 Å². The van der Waals surface area contributed by atoms with Crippen LogP contribution in [-0.2, 0) is 4.79 Å². The Kier molecular flexibility index (Phi) is 3.83. The second-order valence-corrected chi connectivity index (χ2v) is 4.24. The van der Waals surface area contributed by atoms with Crippen molar-refractivity contribution in [3.8, 4) is 11.8 Å². The van der Waals surface area contributed by atoms with Gasteiger partial charge in [-0.05, 0) is 19.4 Å². The molecule has 1 heterocycles. The lowest BCUT2D eigenvalue weighted by Gasteiger charge is -2.29. The molecule has 0 aromatic heterocycles. The number of benzene rings is 1. The largest absolute Gasteiger partial charge is 0.493 e. The third-order valence-corrected chi connectivity index (χ3v) is 3.21. The van der Waals surface area contributed by atoms with Crippen molar-refractivity contribution < 1.29 is 9.53 Å². The first kappa shape index (κ1) is 12.4. The Hall–Kier alpha value is -2.02. The molecule has 0 radical (unpaired) electrons. The summed E-state index contributed by atoms with van der Waals surface area (Å²) in [5.41, 5.74) is 0.935. The van der Waals surface area contributed by atoms with Crippen LogP contribution in [0, 0.1) is 11.3 Å². The van der Waals surface area contributed by atoms with E-state index in [1.54, 1.807) is 4.90 Å². The molecular weight excluding hydrogens is 228 g/mol. The minimum atomic E-state index is -0.178. The first-order valence-corrected chi connectivity index (χ1v) is 6.15. The molecule has 0 saturated carbocycles. The second kappa shape index (κ2) is 5.54. The van der Waals surface area contributed by atoms with E-state index in [-0.39, 0.29) is 18.4 Å². The third kappa shape index (κ3) is 2.30. The molecule has 1 aromatic carbocycles. The molecule has 0 saturated heterocycles. The number of nitriles is 1. The molecule has 4 heteroatoms. The van der Waals surface area contributed by atoms with Crippen molar-refractivity contribution in [3.63, 3.8) is 0 Å². The predicted octanol–water partition coefficient (Wildman–Crippen LogP) is 1.92. The third-order valence-electron chi connectivity index (χ3n) is 3.21. The van der Waals surface area contributed by atoms with E-state index in [0.717, 1.165) is 11.3 Å². The Balaban J connectivity index is 2.25. The van der Waals surface area contributed by atoms with Gasteiger partial charge in [0.1, 0.15) is 12.3 Å². The highest BCUT2D eigenvalue weighted by molar-refractivity contribution is 5.85. The number of carbonyl (C=O) groups is 1. The van der Waals surface area contributed by atoms with Gasteiger partial charge >= 0.3 is 0 Å². The van der Waals surface area contributed by atoms with Gasteiger partial charge in [0.15, 0.2) is 0 Å². The maximum Gasteiger partial charge on any atom is 0.231 e. The number of amides is 1. The fourth-order valence-electron chi connectivity index (χ4n) is 2.25. The standard InChI is InChI=1S/C14H16N2O2/c1-2-16(9-8-15)14(17)12-7-10-18-13-6-4-3-5-11(12)13/h3-6,12H,2,7,9-10H2,1H3. The molecule has 1 amide bonds. The lowest BCUT2D eigenvalue weighted by atomic mass is 9.92. The summed E-state index contributed by atoms with van der Waals surface area (Å²) in [5, 5.41) is 8.74. The molecule has 0 bridgehead atoms. The van der Waals surface area contributed by atoms with E-state index in [9.17, 15) is 4.79 Å². The Labute approximate surface area is 107 Å². The lowest BCUT2D eigenvalue weighted by Crippen LogP contribution is -2.37. The zero-order valence-electron chi connectivity index (χ0n) is 10.4. The fraction of sp³-hybridized carbons (Fsp3) is 0.429. The molecule has 0 aliphatic carbocycles. The van der Waals surface area contributed by atoms with Crippen molar-refractivity contribution in [2.24, 2.45) is 0 Å². The highest BCUT2D eigenvalue weighted by atomic mass is 16.5. The average molecular weight is 244 g/mol. The van der Waals surface area contributed by atoms with E-state index in [2.05, 4.69) is 0 Å². The van der Waals surface area contributed by atoms with Crippen LogP contribution in [0.5, 0.6) is 5.75 Å². The summed E-state index contributed by atoms with van der Waals surface area (Å²) in [6.07, 6.45) is 0.678. The molecule has 1 aromatic rings.